The van der Waals surface area contributed by atoms with E-state index >= 15 is 0 Å². The second-order valence-corrected chi connectivity index (χ2v) is 7.44. The summed E-state index contributed by atoms with van der Waals surface area (Å²) in [6.07, 6.45) is 7.82. The van der Waals surface area contributed by atoms with E-state index in [-0.39, 0.29) is 11.4 Å². The molecule has 4 rings (SSSR count). The van der Waals surface area contributed by atoms with Gasteiger partial charge in [0, 0.05) is 23.8 Å². The molecular formula is C18H19N5OS. The van der Waals surface area contributed by atoms with Crippen LogP contribution in [0.1, 0.15) is 35.3 Å². The summed E-state index contributed by atoms with van der Waals surface area (Å²) in [4.78, 5) is 25.1. The first-order chi connectivity index (χ1) is 12.2. The maximum absolute atomic E-state index is 12.3. The van der Waals surface area contributed by atoms with Crippen LogP contribution >= 0.6 is 11.8 Å². The molecule has 1 aromatic carbocycles. The summed E-state index contributed by atoms with van der Waals surface area (Å²) < 4.78 is 0. The van der Waals surface area contributed by atoms with Crippen LogP contribution in [-0.2, 0) is 5.54 Å². The fraction of sp³-hybridized carbons (Fsp3) is 0.333. The third kappa shape index (κ3) is 3.00. The van der Waals surface area contributed by atoms with Gasteiger partial charge in [-0.05, 0) is 36.5 Å². The number of rotatable bonds is 3. The van der Waals surface area contributed by atoms with Crippen molar-refractivity contribution in [3.63, 3.8) is 0 Å². The lowest BCUT2D eigenvalue weighted by Gasteiger charge is -2.36. The molecule has 7 heteroatoms. The Hall–Kier alpha value is -2.41. The molecule has 25 heavy (non-hydrogen) atoms. The number of hydrogen-bond donors (Lipinski definition) is 2. The molecular weight excluding hydrogens is 334 g/mol. The predicted molar refractivity (Wildman–Crippen MR) is 99.5 cm³/mol. The number of benzene rings is 1. The number of amides is 1. The number of aromatic nitrogens is 2. The van der Waals surface area contributed by atoms with Crippen molar-refractivity contribution in [2.45, 2.75) is 24.8 Å². The zero-order valence-electron chi connectivity index (χ0n) is 13.7. The highest BCUT2D eigenvalue weighted by atomic mass is 32.2. The molecule has 1 aliphatic carbocycles. The molecule has 2 atom stereocenters. The molecule has 2 aromatic rings. The van der Waals surface area contributed by atoms with E-state index in [1.165, 1.54) is 18.8 Å². The van der Waals surface area contributed by atoms with Crippen LogP contribution in [0.5, 0.6) is 0 Å². The van der Waals surface area contributed by atoms with Gasteiger partial charge in [0.25, 0.3) is 5.91 Å². The smallest absolute Gasteiger partial charge is 0.275 e. The van der Waals surface area contributed by atoms with Crippen LogP contribution in [0.25, 0.3) is 0 Å². The molecule has 0 spiro atoms. The van der Waals surface area contributed by atoms with E-state index < -0.39 is 0 Å². The minimum absolute atomic E-state index is 0.247. The summed E-state index contributed by atoms with van der Waals surface area (Å²) in [7, 11) is 0. The lowest BCUT2D eigenvalue weighted by atomic mass is 9.81. The lowest BCUT2D eigenvalue weighted by Crippen LogP contribution is -2.36. The Labute approximate surface area is 150 Å². The van der Waals surface area contributed by atoms with E-state index in [1.54, 1.807) is 18.0 Å². The van der Waals surface area contributed by atoms with Gasteiger partial charge in [0.15, 0.2) is 5.17 Å². The van der Waals surface area contributed by atoms with Crippen molar-refractivity contribution in [1.82, 2.24) is 9.97 Å². The summed E-state index contributed by atoms with van der Waals surface area (Å²) in [5, 5.41) is 3.56. The number of hydrogen-bond acceptors (Lipinski definition) is 6. The van der Waals surface area contributed by atoms with Crippen molar-refractivity contribution in [1.29, 1.82) is 0 Å². The molecule has 0 saturated heterocycles. The molecule has 2 heterocycles. The van der Waals surface area contributed by atoms with E-state index in [2.05, 4.69) is 21.4 Å². The Morgan fingerprint density at radius 2 is 2.28 bits per heavy atom. The van der Waals surface area contributed by atoms with Gasteiger partial charge in [-0.25, -0.2) is 4.98 Å². The fourth-order valence-electron chi connectivity index (χ4n) is 3.77. The van der Waals surface area contributed by atoms with Gasteiger partial charge in [-0.3, -0.25) is 14.8 Å². The Kier molecular flexibility index (Phi) is 4.17. The van der Waals surface area contributed by atoms with Crippen LogP contribution in [0.15, 0.2) is 47.8 Å². The fourth-order valence-corrected chi connectivity index (χ4v) is 4.81. The Balaban J connectivity index is 1.64. The maximum atomic E-state index is 12.3. The van der Waals surface area contributed by atoms with E-state index in [4.69, 9.17) is 10.7 Å². The first kappa shape index (κ1) is 16.1. The monoisotopic (exact) mass is 353 g/mol. The van der Waals surface area contributed by atoms with Crippen molar-refractivity contribution >= 4 is 28.5 Å². The Morgan fingerprint density at radius 3 is 3.12 bits per heavy atom. The van der Waals surface area contributed by atoms with Crippen LogP contribution in [-0.4, -0.2) is 26.8 Å². The normalized spacial score (nSPS) is 25.1. The number of amidine groups is 1. The number of anilines is 1. The van der Waals surface area contributed by atoms with Crippen LogP contribution in [0.4, 0.5) is 5.69 Å². The molecule has 1 saturated carbocycles. The summed E-state index contributed by atoms with van der Waals surface area (Å²) in [6.45, 7) is 0. The van der Waals surface area contributed by atoms with Crippen molar-refractivity contribution in [2.75, 3.05) is 11.1 Å². The van der Waals surface area contributed by atoms with Gasteiger partial charge in [0.05, 0.1) is 11.7 Å². The number of thioether (sulfide) groups is 1. The van der Waals surface area contributed by atoms with Crippen LogP contribution in [0.3, 0.4) is 0 Å². The average molecular weight is 353 g/mol. The minimum Gasteiger partial charge on any atom is -0.379 e. The SMILES string of the molecule is NC1=N[C@@]2(c3cccc(NC(=O)c4cnccn4)c3)CCC[C@H]2CS1. The van der Waals surface area contributed by atoms with Crippen molar-refractivity contribution < 1.29 is 4.79 Å². The van der Waals surface area contributed by atoms with Gasteiger partial charge in [0.2, 0.25) is 0 Å². The summed E-state index contributed by atoms with van der Waals surface area (Å²) in [5.41, 5.74) is 7.94. The average Bonchev–Trinajstić information content (AvgIpc) is 3.07. The summed E-state index contributed by atoms with van der Waals surface area (Å²) >= 11 is 1.64. The molecule has 128 valence electrons. The zero-order valence-corrected chi connectivity index (χ0v) is 14.5. The minimum atomic E-state index is -0.270. The first-order valence-electron chi connectivity index (χ1n) is 8.33. The maximum Gasteiger partial charge on any atom is 0.275 e. The molecule has 1 aromatic heterocycles. The second-order valence-electron chi connectivity index (χ2n) is 6.40. The number of nitrogens with zero attached hydrogens (tertiary/aromatic N) is 3. The molecule has 0 unspecified atom stereocenters. The molecule has 1 amide bonds. The van der Waals surface area contributed by atoms with Gasteiger partial charge in [-0.2, -0.15) is 0 Å². The molecule has 0 radical (unpaired) electrons. The number of aliphatic imine (C=N–C) groups is 1. The summed E-state index contributed by atoms with van der Waals surface area (Å²) in [5.74, 6) is 1.23. The third-order valence-corrected chi connectivity index (χ3v) is 5.90. The van der Waals surface area contributed by atoms with E-state index in [1.807, 2.05) is 18.2 Å². The molecule has 1 aliphatic heterocycles. The highest BCUT2D eigenvalue weighted by Crippen LogP contribution is 2.50. The quantitative estimate of drug-likeness (QED) is 0.885. The summed E-state index contributed by atoms with van der Waals surface area (Å²) in [6, 6.07) is 7.94. The number of fused-ring (bicyclic) bond motifs is 1. The second kappa shape index (κ2) is 6.48. The molecule has 6 nitrogen and oxygen atoms in total. The van der Waals surface area contributed by atoms with Crippen molar-refractivity contribution in [3.8, 4) is 0 Å². The lowest BCUT2D eigenvalue weighted by molar-refractivity contribution is 0.102. The van der Waals surface area contributed by atoms with Crippen LogP contribution < -0.4 is 11.1 Å². The molecule has 0 bridgehead atoms. The van der Waals surface area contributed by atoms with E-state index in [0.717, 1.165) is 29.8 Å². The van der Waals surface area contributed by atoms with Crippen molar-refractivity contribution in [2.24, 2.45) is 16.6 Å². The number of carbonyl (C=O) groups is 1. The first-order valence-corrected chi connectivity index (χ1v) is 9.32. The van der Waals surface area contributed by atoms with E-state index in [9.17, 15) is 4.79 Å². The van der Waals surface area contributed by atoms with Gasteiger partial charge in [-0.1, -0.05) is 30.3 Å². The highest BCUT2D eigenvalue weighted by Gasteiger charge is 2.46. The predicted octanol–water partition coefficient (Wildman–Crippen LogP) is 2.79. The zero-order chi connectivity index (χ0) is 17.3. The Bertz CT molecular complexity index is 825. The van der Waals surface area contributed by atoms with Gasteiger partial charge in [-0.15, -0.1) is 0 Å². The molecule has 3 N–H and O–H groups in total. The topological polar surface area (TPSA) is 93.3 Å². The Morgan fingerprint density at radius 1 is 1.36 bits per heavy atom. The van der Waals surface area contributed by atoms with Gasteiger partial charge >= 0.3 is 0 Å². The largest absolute Gasteiger partial charge is 0.379 e. The number of carbonyl (C=O) groups excluding carboxylic acids is 1. The van der Waals surface area contributed by atoms with Crippen LogP contribution in [0, 0.1) is 5.92 Å². The number of nitrogens with two attached hydrogens (primary N) is 1. The highest BCUT2D eigenvalue weighted by molar-refractivity contribution is 8.13. The van der Waals surface area contributed by atoms with Crippen LogP contribution in [0.2, 0.25) is 0 Å². The molecule has 1 fully saturated rings. The van der Waals surface area contributed by atoms with Gasteiger partial charge < -0.3 is 11.1 Å². The van der Waals surface area contributed by atoms with Crippen molar-refractivity contribution in [3.05, 3.63) is 54.1 Å². The molecule has 2 aliphatic rings. The van der Waals surface area contributed by atoms with Gasteiger partial charge in [0.1, 0.15) is 5.69 Å². The third-order valence-electron chi connectivity index (χ3n) is 4.94. The van der Waals surface area contributed by atoms with E-state index in [0.29, 0.717) is 16.8 Å². The standard InChI is InChI=1S/C18H19N5OS/c19-17-23-18(6-2-4-13(18)11-25-17)12-3-1-5-14(9-12)22-16(24)15-10-20-7-8-21-15/h1,3,5,7-10,13H,2,4,6,11H2,(H2,19,23)(H,22,24)/t13-,18+/m0/s1. The number of nitrogens with one attached hydrogen (secondary N) is 1.